The minimum absolute atomic E-state index is 0.0399. The Labute approximate surface area is 144 Å². The standard InChI is InChI=1S/C19H28N2O3/c1-3-15(8-9-22)11-20-19(24)17-10-18(23)21(13-17)12-16-6-4-14(2)5-7-16/h4-7,15,17,22H,3,8-13H2,1-2H3,(H,20,24)/t15-,17-/m0/s1. The fourth-order valence-corrected chi connectivity index (χ4v) is 3.04. The van der Waals surface area contributed by atoms with Crippen molar-refractivity contribution in [1.82, 2.24) is 10.2 Å². The van der Waals surface area contributed by atoms with Crippen LogP contribution in [0.3, 0.4) is 0 Å². The van der Waals surface area contributed by atoms with Gasteiger partial charge in [-0.3, -0.25) is 9.59 Å². The van der Waals surface area contributed by atoms with Crippen molar-refractivity contribution in [1.29, 1.82) is 0 Å². The molecule has 2 atom stereocenters. The molecule has 5 heteroatoms. The summed E-state index contributed by atoms with van der Waals surface area (Å²) in [7, 11) is 0. The average Bonchev–Trinajstić information content (AvgIpc) is 2.94. The highest BCUT2D eigenvalue weighted by Crippen LogP contribution is 2.21. The summed E-state index contributed by atoms with van der Waals surface area (Å²) in [6, 6.07) is 8.12. The summed E-state index contributed by atoms with van der Waals surface area (Å²) in [6.45, 7) is 5.83. The molecule has 0 radical (unpaired) electrons. The zero-order chi connectivity index (χ0) is 17.5. The Morgan fingerprint density at radius 2 is 2.08 bits per heavy atom. The second-order valence-corrected chi connectivity index (χ2v) is 6.69. The number of aryl methyl sites for hydroxylation is 1. The second-order valence-electron chi connectivity index (χ2n) is 6.69. The molecule has 0 spiro atoms. The van der Waals surface area contributed by atoms with Crippen molar-refractivity contribution in [2.75, 3.05) is 19.7 Å². The number of hydrogen-bond donors (Lipinski definition) is 2. The molecule has 132 valence electrons. The number of aliphatic hydroxyl groups excluding tert-OH is 1. The Bertz CT molecular complexity index is 556. The Balaban J connectivity index is 1.84. The number of amides is 2. The predicted molar refractivity (Wildman–Crippen MR) is 93.2 cm³/mol. The Morgan fingerprint density at radius 3 is 2.71 bits per heavy atom. The zero-order valence-electron chi connectivity index (χ0n) is 14.6. The first-order valence-corrected chi connectivity index (χ1v) is 8.75. The molecule has 1 aliphatic rings. The van der Waals surface area contributed by atoms with Gasteiger partial charge >= 0.3 is 0 Å². The summed E-state index contributed by atoms with van der Waals surface area (Å²) in [5.41, 5.74) is 2.28. The van der Waals surface area contributed by atoms with Gasteiger partial charge in [-0.2, -0.15) is 0 Å². The van der Waals surface area contributed by atoms with E-state index in [4.69, 9.17) is 5.11 Å². The summed E-state index contributed by atoms with van der Waals surface area (Å²) in [6.07, 6.45) is 1.90. The number of benzene rings is 1. The van der Waals surface area contributed by atoms with Crippen LogP contribution in [0.15, 0.2) is 24.3 Å². The van der Waals surface area contributed by atoms with Crippen molar-refractivity contribution < 1.29 is 14.7 Å². The van der Waals surface area contributed by atoms with Crippen LogP contribution in [0.25, 0.3) is 0 Å². The maximum absolute atomic E-state index is 12.3. The number of carbonyl (C=O) groups excluding carboxylic acids is 2. The normalized spacial score (nSPS) is 18.7. The molecule has 1 aromatic rings. The third kappa shape index (κ3) is 5.06. The SMILES string of the molecule is CC[C@@H](CCO)CNC(=O)[C@H]1CC(=O)N(Cc2ccc(C)cc2)C1. The Hall–Kier alpha value is -1.88. The zero-order valence-corrected chi connectivity index (χ0v) is 14.6. The molecule has 0 saturated carbocycles. The van der Waals surface area contributed by atoms with Gasteiger partial charge in [0.25, 0.3) is 0 Å². The molecule has 1 heterocycles. The van der Waals surface area contributed by atoms with Crippen LogP contribution in [0.2, 0.25) is 0 Å². The van der Waals surface area contributed by atoms with Gasteiger partial charge in [0.2, 0.25) is 11.8 Å². The van der Waals surface area contributed by atoms with E-state index in [9.17, 15) is 9.59 Å². The van der Waals surface area contributed by atoms with Crippen molar-refractivity contribution in [3.8, 4) is 0 Å². The molecule has 1 aromatic carbocycles. The summed E-state index contributed by atoms with van der Waals surface area (Å²) >= 11 is 0. The van der Waals surface area contributed by atoms with Crippen LogP contribution in [0.4, 0.5) is 0 Å². The first-order valence-electron chi connectivity index (χ1n) is 8.75. The molecule has 24 heavy (non-hydrogen) atoms. The molecule has 2 N–H and O–H groups in total. The van der Waals surface area contributed by atoms with E-state index in [0.717, 1.165) is 12.0 Å². The monoisotopic (exact) mass is 332 g/mol. The molecule has 1 saturated heterocycles. The third-order valence-electron chi connectivity index (χ3n) is 4.76. The number of carbonyl (C=O) groups is 2. The van der Waals surface area contributed by atoms with Gasteiger partial charge in [-0.15, -0.1) is 0 Å². The number of nitrogens with zero attached hydrogens (tertiary/aromatic N) is 1. The maximum atomic E-state index is 12.3. The minimum Gasteiger partial charge on any atom is -0.396 e. The fourth-order valence-electron chi connectivity index (χ4n) is 3.04. The van der Waals surface area contributed by atoms with Gasteiger partial charge in [0.05, 0.1) is 5.92 Å². The average molecular weight is 332 g/mol. The van der Waals surface area contributed by atoms with Gasteiger partial charge in [-0.25, -0.2) is 0 Å². The van der Waals surface area contributed by atoms with Crippen molar-refractivity contribution in [3.63, 3.8) is 0 Å². The predicted octanol–water partition coefficient (Wildman–Crippen LogP) is 1.87. The molecule has 0 aromatic heterocycles. The van der Waals surface area contributed by atoms with E-state index in [-0.39, 0.29) is 30.8 Å². The summed E-state index contributed by atoms with van der Waals surface area (Å²) in [5, 5.41) is 12.0. The van der Waals surface area contributed by atoms with Gasteiger partial charge in [0.1, 0.15) is 0 Å². The summed E-state index contributed by atoms with van der Waals surface area (Å²) in [5.74, 6) is 0.0126. The third-order valence-corrected chi connectivity index (χ3v) is 4.76. The Kier molecular flexibility index (Phi) is 6.79. The molecule has 0 bridgehead atoms. The number of nitrogens with one attached hydrogen (secondary N) is 1. The number of hydrogen-bond acceptors (Lipinski definition) is 3. The Morgan fingerprint density at radius 1 is 1.38 bits per heavy atom. The van der Waals surface area contributed by atoms with Crippen LogP contribution in [-0.2, 0) is 16.1 Å². The summed E-state index contributed by atoms with van der Waals surface area (Å²) < 4.78 is 0. The van der Waals surface area contributed by atoms with Gasteiger partial charge in [-0.05, 0) is 24.8 Å². The number of likely N-dealkylation sites (tertiary alicyclic amines) is 1. The van der Waals surface area contributed by atoms with E-state index in [1.165, 1.54) is 5.56 Å². The molecule has 0 unspecified atom stereocenters. The topological polar surface area (TPSA) is 69.6 Å². The van der Waals surface area contributed by atoms with Gasteiger partial charge in [-0.1, -0.05) is 43.2 Å². The van der Waals surface area contributed by atoms with Crippen molar-refractivity contribution in [3.05, 3.63) is 35.4 Å². The fraction of sp³-hybridized carbons (Fsp3) is 0.579. The first-order chi connectivity index (χ1) is 11.5. The second kappa shape index (κ2) is 8.83. The molecule has 0 aliphatic carbocycles. The highest BCUT2D eigenvalue weighted by Gasteiger charge is 2.34. The lowest BCUT2D eigenvalue weighted by atomic mass is 10.0. The van der Waals surface area contributed by atoms with Crippen LogP contribution in [0, 0.1) is 18.8 Å². The van der Waals surface area contributed by atoms with E-state index in [0.29, 0.717) is 32.0 Å². The molecule has 1 aliphatic heterocycles. The van der Waals surface area contributed by atoms with E-state index in [1.807, 2.05) is 31.2 Å². The van der Waals surface area contributed by atoms with Gasteiger partial charge in [0, 0.05) is 32.7 Å². The minimum atomic E-state index is -0.269. The molecule has 2 amide bonds. The molecule has 1 fully saturated rings. The van der Waals surface area contributed by atoms with Crippen LogP contribution in [0.5, 0.6) is 0 Å². The lowest BCUT2D eigenvalue weighted by Crippen LogP contribution is -2.36. The van der Waals surface area contributed by atoms with E-state index in [2.05, 4.69) is 12.2 Å². The quantitative estimate of drug-likeness (QED) is 0.763. The molecular weight excluding hydrogens is 304 g/mol. The van der Waals surface area contributed by atoms with Gasteiger partial charge < -0.3 is 15.3 Å². The molecule has 5 nitrogen and oxygen atoms in total. The first kappa shape index (κ1) is 18.5. The van der Waals surface area contributed by atoms with Crippen LogP contribution in [-0.4, -0.2) is 41.5 Å². The van der Waals surface area contributed by atoms with Crippen molar-refractivity contribution in [2.24, 2.45) is 11.8 Å². The highest BCUT2D eigenvalue weighted by atomic mass is 16.3. The van der Waals surface area contributed by atoms with E-state index < -0.39 is 0 Å². The highest BCUT2D eigenvalue weighted by molar-refractivity contribution is 5.89. The van der Waals surface area contributed by atoms with E-state index in [1.54, 1.807) is 4.90 Å². The number of rotatable bonds is 8. The largest absolute Gasteiger partial charge is 0.396 e. The maximum Gasteiger partial charge on any atom is 0.225 e. The van der Waals surface area contributed by atoms with Crippen LogP contribution >= 0.6 is 0 Å². The van der Waals surface area contributed by atoms with E-state index >= 15 is 0 Å². The van der Waals surface area contributed by atoms with Gasteiger partial charge in [0.15, 0.2) is 0 Å². The molecule has 2 rings (SSSR count). The lowest BCUT2D eigenvalue weighted by Gasteiger charge is -2.18. The summed E-state index contributed by atoms with van der Waals surface area (Å²) in [4.78, 5) is 26.2. The number of aliphatic hydroxyl groups is 1. The smallest absolute Gasteiger partial charge is 0.225 e. The lowest BCUT2D eigenvalue weighted by molar-refractivity contribution is -0.129. The van der Waals surface area contributed by atoms with Crippen molar-refractivity contribution >= 4 is 11.8 Å². The molecular formula is C19H28N2O3. The van der Waals surface area contributed by atoms with Crippen molar-refractivity contribution in [2.45, 2.75) is 39.7 Å². The van der Waals surface area contributed by atoms with Crippen LogP contribution in [0.1, 0.15) is 37.3 Å². The van der Waals surface area contributed by atoms with Crippen LogP contribution < -0.4 is 5.32 Å².